The van der Waals surface area contributed by atoms with Gasteiger partial charge in [-0.3, -0.25) is 4.79 Å². The van der Waals surface area contributed by atoms with Gasteiger partial charge in [0.2, 0.25) is 0 Å². The summed E-state index contributed by atoms with van der Waals surface area (Å²) in [6.07, 6.45) is 9.34. The molecule has 1 aliphatic rings. The Morgan fingerprint density at radius 1 is 1.50 bits per heavy atom. The van der Waals surface area contributed by atoms with Crippen LogP contribution in [0.4, 0.5) is 0 Å². The van der Waals surface area contributed by atoms with Crippen molar-refractivity contribution in [3.8, 4) is 0 Å². The largest absolute Gasteiger partial charge is 0.299 e. The van der Waals surface area contributed by atoms with E-state index in [9.17, 15) is 4.79 Å². The van der Waals surface area contributed by atoms with Gasteiger partial charge in [0, 0.05) is 5.41 Å². The van der Waals surface area contributed by atoms with Crippen molar-refractivity contribution in [2.75, 3.05) is 0 Å². The van der Waals surface area contributed by atoms with Crippen LogP contribution >= 0.6 is 0 Å². The first-order chi connectivity index (χ1) is 7.44. The van der Waals surface area contributed by atoms with E-state index in [4.69, 9.17) is 0 Å². The average Bonchev–Trinajstić information content (AvgIpc) is 2.20. The summed E-state index contributed by atoms with van der Waals surface area (Å²) in [4.78, 5) is 11.5. The number of rotatable bonds is 5. The van der Waals surface area contributed by atoms with Gasteiger partial charge in [0.1, 0.15) is 5.78 Å². The predicted octanol–water partition coefficient (Wildman–Crippen LogP) is 4.52. The molecule has 0 bridgehead atoms. The number of allylic oxidation sites excluding steroid dienone is 2. The van der Waals surface area contributed by atoms with Crippen molar-refractivity contribution >= 4 is 5.78 Å². The second kappa shape index (κ2) is 5.65. The number of Topliss-reactive ketones (excluding diaryl/α,β-unsaturated/α-hetero) is 1. The van der Waals surface area contributed by atoms with Crippen LogP contribution in [0, 0.1) is 11.3 Å². The van der Waals surface area contributed by atoms with Crippen LogP contribution in [0.15, 0.2) is 11.6 Å². The Kier molecular flexibility index (Phi) is 4.76. The van der Waals surface area contributed by atoms with Crippen LogP contribution in [0.1, 0.15) is 66.2 Å². The first kappa shape index (κ1) is 13.5. The fourth-order valence-electron chi connectivity index (χ4n) is 2.29. The SMILES string of the molecule is CC(=O)C1(C)CC=C(CCCC(C)C)CC1. The van der Waals surface area contributed by atoms with Gasteiger partial charge < -0.3 is 0 Å². The van der Waals surface area contributed by atoms with Gasteiger partial charge in [-0.15, -0.1) is 0 Å². The van der Waals surface area contributed by atoms with Gasteiger partial charge in [-0.25, -0.2) is 0 Å². The van der Waals surface area contributed by atoms with Crippen LogP contribution in [-0.2, 0) is 4.79 Å². The second-order valence-corrected chi connectivity index (χ2v) is 5.97. The lowest BCUT2D eigenvalue weighted by molar-refractivity contribution is -0.126. The summed E-state index contributed by atoms with van der Waals surface area (Å²) in [6.45, 7) is 8.40. The van der Waals surface area contributed by atoms with E-state index >= 15 is 0 Å². The molecule has 0 spiro atoms. The number of hydrogen-bond acceptors (Lipinski definition) is 1. The van der Waals surface area contributed by atoms with Crippen molar-refractivity contribution in [3.63, 3.8) is 0 Å². The number of carbonyl (C=O) groups excluding carboxylic acids is 1. The summed E-state index contributed by atoms with van der Waals surface area (Å²) in [5.74, 6) is 1.16. The zero-order valence-electron chi connectivity index (χ0n) is 11.3. The van der Waals surface area contributed by atoms with Gasteiger partial charge in [0.15, 0.2) is 0 Å². The molecular formula is C15H26O. The molecule has 1 nitrogen and oxygen atoms in total. The molecule has 92 valence electrons. The van der Waals surface area contributed by atoms with Gasteiger partial charge in [-0.1, -0.05) is 38.8 Å². The van der Waals surface area contributed by atoms with Crippen LogP contribution in [-0.4, -0.2) is 5.78 Å². The normalized spacial score (nSPS) is 25.7. The maximum Gasteiger partial charge on any atom is 0.136 e. The third-order valence-electron chi connectivity index (χ3n) is 3.97. The lowest BCUT2D eigenvalue weighted by Gasteiger charge is -2.30. The molecule has 0 N–H and O–H groups in total. The summed E-state index contributed by atoms with van der Waals surface area (Å²) in [5, 5.41) is 0. The maximum atomic E-state index is 11.5. The van der Waals surface area contributed by atoms with E-state index in [1.54, 1.807) is 12.5 Å². The number of carbonyl (C=O) groups is 1. The second-order valence-electron chi connectivity index (χ2n) is 5.97. The smallest absolute Gasteiger partial charge is 0.136 e. The molecular weight excluding hydrogens is 196 g/mol. The Morgan fingerprint density at radius 2 is 2.19 bits per heavy atom. The Bertz CT molecular complexity index is 275. The van der Waals surface area contributed by atoms with E-state index in [0.29, 0.717) is 5.78 Å². The van der Waals surface area contributed by atoms with Crippen LogP contribution < -0.4 is 0 Å². The minimum Gasteiger partial charge on any atom is -0.299 e. The molecule has 0 aliphatic heterocycles. The Balaban J connectivity index is 2.38. The van der Waals surface area contributed by atoms with Crippen LogP contribution in [0.5, 0.6) is 0 Å². The fraction of sp³-hybridized carbons (Fsp3) is 0.800. The molecule has 1 unspecified atom stereocenters. The molecule has 1 rings (SSSR count). The highest BCUT2D eigenvalue weighted by Crippen LogP contribution is 2.37. The van der Waals surface area contributed by atoms with E-state index in [1.165, 1.54) is 19.3 Å². The van der Waals surface area contributed by atoms with Crippen LogP contribution in [0.25, 0.3) is 0 Å². The third-order valence-corrected chi connectivity index (χ3v) is 3.97. The molecule has 1 aliphatic carbocycles. The van der Waals surface area contributed by atoms with E-state index in [2.05, 4.69) is 26.8 Å². The highest BCUT2D eigenvalue weighted by atomic mass is 16.1. The topological polar surface area (TPSA) is 17.1 Å². The number of hydrogen-bond donors (Lipinski definition) is 0. The van der Waals surface area contributed by atoms with E-state index in [1.807, 2.05) is 0 Å². The fourth-order valence-corrected chi connectivity index (χ4v) is 2.29. The Labute approximate surface area is 100 Å². The molecule has 0 saturated carbocycles. The van der Waals surface area contributed by atoms with Crippen molar-refractivity contribution in [2.24, 2.45) is 11.3 Å². The number of ketones is 1. The van der Waals surface area contributed by atoms with Gasteiger partial charge in [0.05, 0.1) is 0 Å². The summed E-state index contributed by atoms with van der Waals surface area (Å²) in [7, 11) is 0. The third kappa shape index (κ3) is 3.77. The zero-order chi connectivity index (χ0) is 12.2. The minimum atomic E-state index is -0.0679. The molecule has 1 heteroatoms. The molecule has 0 amide bonds. The standard InChI is InChI=1S/C15H26O/c1-12(2)6-5-7-14-8-10-15(4,11-9-14)13(3)16/h8,12H,5-7,9-11H2,1-4H3. The van der Waals surface area contributed by atoms with Crippen molar-refractivity contribution in [2.45, 2.75) is 66.2 Å². The minimum absolute atomic E-state index is 0.0679. The van der Waals surface area contributed by atoms with E-state index in [0.717, 1.165) is 25.2 Å². The van der Waals surface area contributed by atoms with Crippen molar-refractivity contribution in [1.82, 2.24) is 0 Å². The average molecular weight is 222 g/mol. The summed E-state index contributed by atoms with van der Waals surface area (Å²) >= 11 is 0. The van der Waals surface area contributed by atoms with Crippen molar-refractivity contribution in [3.05, 3.63) is 11.6 Å². The first-order valence-corrected chi connectivity index (χ1v) is 6.63. The van der Waals surface area contributed by atoms with Crippen molar-refractivity contribution in [1.29, 1.82) is 0 Å². The lowest BCUT2D eigenvalue weighted by Crippen LogP contribution is -2.27. The summed E-state index contributed by atoms with van der Waals surface area (Å²) < 4.78 is 0. The quantitative estimate of drug-likeness (QED) is 0.625. The predicted molar refractivity (Wildman–Crippen MR) is 69.4 cm³/mol. The Morgan fingerprint density at radius 3 is 2.62 bits per heavy atom. The molecule has 0 aromatic heterocycles. The maximum absolute atomic E-state index is 11.5. The van der Waals surface area contributed by atoms with Gasteiger partial charge in [0.25, 0.3) is 0 Å². The van der Waals surface area contributed by atoms with Crippen LogP contribution in [0.3, 0.4) is 0 Å². The van der Waals surface area contributed by atoms with E-state index < -0.39 is 0 Å². The van der Waals surface area contributed by atoms with Gasteiger partial charge >= 0.3 is 0 Å². The zero-order valence-corrected chi connectivity index (χ0v) is 11.3. The molecule has 0 heterocycles. The monoisotopic (exact) mass is 222 g/mol. The van der Waals surface area contributed by atoms with Gasteiger partial charge in [-0.2, -0.15) is 0 Å². The Hall–Kier alpha value is -0.590. The molecule has 0 fully saturated rings. The molecule has 0 radical (unpaired) electrons. The van der Waals surface area contributed by atoms with Crippen molar-refractivity contribution < 1.29 is 4.79 Å². The molecule has 0 aromatic carbocycles. The van der Waals surface area contributed by atoms with E-state index in [-0.39, 0.29) is 5.41 Å². The molecule has 0 aromatic rings. The highest BCUT2D eigenvalue weighted by Gasteiger charge is 2.31. The van der Waals surface area contributed by atoms with Gasteiger partial charge in [-0.05, 0) is 44.9 Å². The summed E-state index contributed by atoms with van der Waals surface area (Å²) in [6, 6.07) is 0. The first-order valence-electron chi connectivity index (χ1n) is 6.63. The summed E-state index contributed by atoms with van der Waals surface area (Å²) in [5.41, 5.74) is 1.51. The lowest BCUT2D eigenvalue weighted by atomic mass is 9.73. The molecule has 16 heavy (non-hydrogen) atoms. The molecule has 1 atom stereocenters. The molecule has 0 saturated heterocycles. The van der Waals surface area contributed by atoms with Crippen LogP contribution in [0.2, 0.25) is 0 Å². The highest BCUT2D eigenvalue weighted by molar-refractivity contribution is 5.82.